The monoisotopic (exact) mass is 289 g/mol. The van der Waals surface area contributed by atoms with E-state index in [-0.39, 0.29) is 24.5 Å². The van der Waals surface area contributed by atoms with Gasteiger partial charge < -0.3 is 9.84 Å². The molecule has 0 aromatic carbocycles. The molecule has 0 spiro atoms. The molecule has 0 aliphatic carbocycles. The van der Waals surface area contributed by atoms with Gasteiger partial charge in [0, 0.05) is 18.2 Å². The van der Waals surface area contributed by atoms with E-state index in [2.05, 4.69) is 4.98 Å². The standard InChI is InChI=1S/C13H14F3NO3/c1-9-3-5-11(10(17-9)4-6-12(18)19)20-8-2-7-13(14,15)16/h3-6H,2,7-8H2,1H3,(H,18,19)/b6-4+. The molecular formula is C13H14F3NO3. The van der Waals surface area contributed by atoms with Crippen molar-refractivity contribution < 1.29 is 27.8 Å². The smallest absolute Gasteiger partial charge is 0.389 e. The van der Waals surface area contributed by atoms with Crippen LogP contribution in [-0.4, -0.2) is 28.8 Å². The van der Waals surface area contributed by atoms with Crippen molar-refractivity contribution in [1.82, 2.24) is 4.98 Å². The van der Waals surface area contributed by atoms with Crippen molar-refractivity contribution in [3.63, 3.8) is 0 Å². The largest absolute Gasteiger partial charge is 0.491 e. The van der Waals surface area contributed by atoms with Crippen molar-refractivity contribution in [3.05, 3.63) is 29.6 Å². The van der Waals surface area contributed by atoms with Gasteiger partial charge in [0.2, 0.25) is 0 Å². The molecule has 110 valence electrons. The van der Waals surface area contributed by atoms with E-state index >= 15 is 0 Å². The van der Waals surface area contributed by atoms with Crippen LogP contribution in [0, 0.1) is 6.92 Å². The van der Waals surface area contributed by atoms with Crippen molar-refractivity contribution in [2.24, 2.45) is 0 Å². The Kier molecular flexibility index (Phi) is 5.54. The van der Waals surface area contributed by atoms with E-state index in [0.717, 1.165) is 6.08 Å². The highest BCUT2D eigenvalue weighted by molar-refractivity contribution is 5.85. The van der Waals surface area contributed by atoms with Crippen molar-refractivity contribution in [1.29, 1.82) is 0 Å². The van der Waals surface area contributed by atoms with Crippen LogP contribution in [-0.2, 0) is 4.79 Å². The summed E-state index contributed by atoms with van der Waals surface area (Å²) in [6.07, 6.45) is -3.16. The highest BCUT2D eigenvalue weighted by atomic mass is 19.4. The van der Waals surface area contributed by atoms with Gasteiger partial charge in [-0.1, -0.05) is 0 Å². The van der Waals surface area contributed by atoms with Crippen LogP contribution < -0.4 is 4.74 Å². The van der Waals surface area contributed by atoms with E-state index < -0.39 is 18.6 Å². The molecule has 1 aromatic rings. The van der Waals surface area contributed by atoms with Crippen LogP contribution in [0.2, 0.25) is 0 Å². The predicted molar refractivity (Wildman–Crippen MR) is 66.4 cm³/mol. The van der Waals surface area contributed by atoms with Crippen LogP contribution in [0.4, 0.5) is 13.2 Å². The lowest BCUT2D eigenvalue weighted by Crippen LogP contribution is -2.10. The molecule has 0 radical (unpaired) electrons. The maximum absolute atomic E-state index is 12.0. The number of rotatable bonds is 6. The molecule has 1 rings (SSSR count). The zero-order valence-electron chi connectivity index (χ0n) is 10.8. The molecule has 0 aliphatic rings. The van der Waals surface area contributed by atoms with E-state index in [1.54, 1.807) is 19.1 Å². The van der Waals surface area contributed by atoms with E-state index in [0.29, 0.717) is 5.69 Å². The summed E-state index contributed by atoms with van der Waals surface area (Å²) >= 11 is 0. The van der Waals surface area contributed by atoms with Crippen LogP contribution in [0.15, 0.2) is 18.2 Å². The lowest BCUT2D eigenvalue weighted by Gasteiger charge is -2.10. The zero-order valence-corrected chi connectivity index (χ0v) is 10.8. The molecule has 1 aromatic heterocycles. The number of hydrogen-bond acceptors (Lipinski definition) is 3. The fourth-order valence-electron chi connectivity index (χ4n) is 1.41. The Morgan fingerprint density at radius 1 is 1.45 bits per heavy atom. The molecule has 0 aliphatic heterocycles. The summed E-state index contributed by atoms with van der Waals surface area (Å²) < 4.78 is 41.1. The molecule has 0 amide bonds. The number of halogens is 3. The summed E-state index contributed by atoms with van der Waals surface area (Å²) in [5, 5.41) is 8.56. The third-order valence-corrected chi connectivity index (χ3v) is 2.27. The molecule has 1 heterocycles. The Hall–Kier alpha value is -2.05. The SMILES string of the molecule is Cc1ccc(OCCCC(F)(F)F)c(/C=C/C(=O)O)n1. The second kappa shape index (κ2) is 6.93. The van der Waals surface area contributed by atoms with Crippen molar-refractivity contribution in [3.8, 4) is 5.75 Å². The van der Waals surface area contributed by atoms with Gasteiger partial charge in [-0.2, -0.15) is 13.2 Å². The molecular weight excluding hydrogens is 275 g/mol. The molecule has 0 saturated heterocycles. The number of nitrogens with zero attached hydrogens (tertiary/aromatic N) is 1. The number of ether oxygens (including phenoxy) is 1. The minimum absolute atomic E-state index is 0.113. The zero-order chi connectivity index (χ0) is 15.2. The summed E-state index contributed by atoms with van der Waals surface area (Å²) in [6, 6.07) is 3.19. The average molecular weight is 289 g/mol. The molecule has 4 nitrogen and oxygen atoms in total. The maximum atomic E-state index is 12.0. The normalized spacial score (nSPS) is 11.8. The highest BCUT2D eigenvalue weighted by Crippen LogP contribution is 2.23. The number of aromatic nitrogens is 1. The topological polar surface area (TPSA) is 59.4 Å². The van der Waals surface area contributed by atoms with E-state index in [9.17, 15) is 18.0 Å². The second-order valence-electron chi connectivity index (χ2n) is 4.07. The first-order valence-electron chi connectivity index (χ1n) is 5.86. The van der Waals surface area contributed by atoms with Gasteiger partial charge in [0.15, 0.2) is 0 Å². The van der Waals surface area contributed by atoms with Gasteiger partial charge >= 0.3 is 12.1 Å². The molecule has 20 heavy (non-hydrogen) atoms. The number of hydrogen-bond donors (Lipinski definition) is 1. The molecule has 0 atom stereocenters. The van der Waals surface area contributed by atoms with Crippen LogP contribution in [0.1, 0.15) is 24.2 Å². The number of carbonyl (C=O) groups is 1. The summed E-state index contributed by atoms with van der Waals surface area (Å²) in [6.45, 7) is 1.60. The summed E-state index contributed by atoms with van der Waals surface area (Å²) in [5.74, 6) is -0.883. The van der Waals surface area contributed by atoms with Crippen molar-refractivity contribution in [2.75, 3.05) is 6.61 Å². The minimum atomic E-state index is -4.21. The average Bonchev–Trinajstić information content (AvgIpc) is 2.32. The van der Waals surface area contributed by atoms with Crippen molar-refractivity contribution >= 4 is 12.0 Å². The third kappa shape index (κ3) is 6.21. The maximum Gasteiger partial charge on any atom is 0.389 e. The van der Waals surface area contributed by atoms with Gasteiger partial charge in [0.05, 0.1) is 6.61 Å². The lowest BCUT2D eigenvalue weighted by molar-refractivity contribution is -0.136. The Balaban J connectivity index is 2.67. The Labute approximate surface area is 113 Å². The molecule has 0 fully saturated rings. The number of carboxylic acid groups (broad SMARTS) is 1. The Bertz CT molecular complexity index is 498. The Morgan fingerprint density at radius 2 is 2.15 bits per heavy atom. The van der Waals surface area contributed by atoms with Gasteiger partial charge in [-0.3, -0.25) is 0 Å². The quantitative estimate of drug-likeness (QED) is 0.645. The summed E-state index contributed by atoms with van der Waals surface area (Å²) in [7, 11) is 0. The number of carboxylic acids is 1. The molecule has 0 unspecified atom stereocenters. The van der Waals surface area contributed by atoms with Gasteiger partial charge in [-0.25, -0.2) is 9.78 Å². The number of aryl methyl sites for hydroxylation is 1. The fraction of sp³-hybridized carbons (Fsp3) is 0.385. The van der Waals surface area contributed by atoms with Gasteiger partial charge in [0.25, 0.3) is 0 Å². The van der Waals surface area contributed by atoms with Crippen LogP contribution >= 0.6 is 0 Å². The second-order valence-corrected chi connectivity index (χ2v) is 4.07. The molecule has 7 heteroatoms. The third-order valence-electron chi connectivity index (χ3n) is 2.27. The highest BCUT2D eigenvalue weighted by Gasteiger charge is 2.26. The fourth-order valence-corrected chi connectivity index (χ4v) is 1.41. The first-order valence-corrected chi connectivity index (χ1v) is 5.86. The molecule has 1 N–H and O–H groups in total. The first kappa shape index (κ1) is 16.0. The Morgan fingerprint density at radius 3 is 2.75 bits per heavy atom. The first-order chi connectivity index (χ1) is 9.28. The summed E-state index contributed by atoms with van der Waals surface area (Å²) in [5.41, 5.74) is 0.928. The molecule has 0 saturated carbocycles. The number of aliphatic carboxylic acids is 1. The van der Waals surface area contributed by atoms with E-state index in [4.69, 9.17) is 9.84 Å². The number of alkyl halides is 3. The van der Waals surface area contributed by atoms with Crippen molar-refractivity contribution in [2.45, 2.75) is 25.9 Å². The van der Waals surface area contributed by atoms with E-state index in [1.165, 1.54) is 6.08 Å². The summed E-state index contributed by atoms with van der Waals surface area (Å²) in [4.78, 5) is 14.5. The van der Waals surface area contributed by atoms with E-state index in [1.807, 2.05) is 0 Å². The van der Waals surface area contributed by atoms with Gasteiger partial charge in [-0.05, 0) is 31.6 Å². The van der Waals surface area contributed by atoms with Gasteiger partial charge in [-0.15, -0.1) is 0 Å². The molecule has 0 bridgehead atoms. The van der Waals surface area contributed by atoms with Crippen LogP contribution in [0.5, 0.6) is 5.75 Å². The van der Waals surface area contributed by atoms with Crippen LogP contribution in [0.25, 0.3) is 6.08 Å². The minimum Gasteiger partial charge on any atom is -0.491 e. The van der Waals surface area contributed by atoms with Gasteiger partial charge in [0.1, 0.15) is 11.4 Å². The predicted octanol–water partition coefficient (Wildman–Crippen LogP) is 3.21. The number of pyridine rings is 1. The lowest BCUT2D eigenvalue weighted by atomic mass is 10.2. The van der Waals surface area contributed by atoms with Crippen LogP contribution in [0.3, 0.4) is 0 Å².